The molecule has 0 aliphatic rings. The molecule has 1 amide bonds. The van der Waals surface area contributed by atoms with Gasteiger partial charge in [0.2, 0.25) is 0 Å². The maximum atomic E-state index is 12.2. The summed E-state index contributed by atoms with van der Waals surface area (Å²) in [6.45, 7) is 5.03. The first-order valence-electron chi connectivity index (χ1n) is 8.65. The summed E-state index contributed by atoms with van der Waals surface area (Å²) in [6, 6.07) is 15.9. The molecule has 0 fully saturated rings. The molecular weight excluding hydrogens is 326 g/mol. The van der Waals surface area contributed by atoms with Crippen LogP contribution in [0.1, 0.15) is 23.6 Å². The van der Waals surface area contributed by atoms with E-state index in [0.717, 1.165) is 17.7 Å². The first kappa shape index (κ1) is 17.7. The van der Waals surface area contributed by atoms with Gasteiger partial charge in [-0.15, -0.1) is 0 Å². The van der Waals surface area contributed by atoms with Gasteiger partial charge in [-0.25, -0.2) is 4.98 Å². The van der Waals surface area contributed by atoms with E-state index in [4.69, 9.17) is 4.74 Å². The number of nitrogens with zero attached hydrogens (tertiary/aromatic N) is 2. The number of hydrogen-bond acceptors (Lipinski definition) is 3. The number of benzene rings is 2. The number of rotatable bonds is 7. The highest BCUT2D eigenvalue weighted by atomic mass is 16.5. The van der Waals surface area contributed by atoms with Crippen LogP contribution < -0.4 is 10.1 Å². The van der Waals surface area contributed by atoms with Gasteiger partial charge < -0.3 is 14.6 Å². The third-order valence-corrected chi connectivity index (χ3v) is 4.12. The zero-order valence-electron chi connectivity index (χ0n) is 15.1. The second-order valence-corrected chi connectivity index (χ2v) is 6.34. The Morgan fingerprint density at radius 3 is 2.46 bits per heavy atom. The highest BCUT2D eigenvalue weighted by Gasteiger charge is 2.14. The first-order valence-corrected chi connectivity index (χ1v) is 8.65. The molecule has 1 aromatic heterocycles. The third-order valence-electron chi connectivity index (χ3n) is 4.12. The molecule has 1 atom stereocenters. The largest absolute Gasteiger partial charge is 0.481 e. The SMILES string of the molecule is Cc1ccc(O[C@@H](C)C(=O)NCc2ccc(Cn3ccnc3)cc2)cc1. The molecule has 0 saturated heterocycles. The van der Waals surface area contributed by atoms with Gasteiger partial charge in [0.1, 0.15) is 5.75 Å². The molecule has 0 saturated carbocycles. The van der Waals surface area contributed by atoms with Crippen LogP contribution in [0, 0.1) is 6.92 Å². The van der Waals surface area contributed by atoms with E-state index < -0.39 is 6.10 Å². The number of aromatic nitrogens is 2. The monoisotopic (exact) mass is 349 g/mol. The second kappa shape index (κ2) is 8.34. The lowest BCUT2D eigenvalue weighted by molar-refractivity contribution is -0.127. The molecular formula is C21H23N3O2. The van der Waals surface area contributed by atoms with E-state index in [1.807, 2.05) is 54.1 Å². The molecule has 0 bridgehead atoms. The first-order chi connectivity index (χ1) is 12.6. The number of hydrogen-bond donors (Lipinski definition) is 1. The van der Waals surface area contributed by atoms with Crippen LogP contribution in [-0.4, -0.2) is 21.6 Å². The Balaban J connectivity index is 1.48. The maximum Gasteiger partial charge on any atom is 0.261 e. The van der Waals surface area contributed by atoms with Crippen LogP contribution in [0.2, 0.25) is 0 Å². The summed E-state index contributed by atoms with van der Waals surface area (Å²) < 4.78 is 7.69. The van der Waals surface area contributed by atoms with Gasteiger partial charge in [-0.1, -0.05) is 42.0 Å². The summed E-state index contributed by atoms with van der Waals surface area (Å²) in [4.78, 5) is 16.3. The van der Waals surface area contributed by atoms with E-state index in [2.05, 4.69) is 22.4 Å². The molecule has 0 unspecified atom stereocenters. The zero-order valence-corrected chi connectivity index (χ0v) is 15.1. The summed E-state index contributed by atoms with van der Waals surface area (Å²) in [6.07, 6.45) is 4.95. The van der Waals surface area contributed by atoms with Crippen LogP contribution in [0.3, 0.4) is 0 Å². The van der Waals surface area contributed by atoms with Crippen LogP contribution in [0.5, 0.6) is 5.75 Å². The van der Waals surface area contributed by atoms with Gasteiger partial charge in [0.05, 0.1) is 6.33 Å². The van der Waals surface area contributed by atoms with Crippen molar-refractivity contribution in [3.05, 3.63) is 83.9 Å². The summed E-state index contributed by atoms with van der Waals surface area (Å²) in [5, 5.41) is 2.92. The number of amides is 1. The zero-order chi connectivity index (χ0) is 18.4. The maximum absolute atomic E-state index is 12.2. The number of carbonyl (C=O) groups is 1. The molecule has 0 aliphatic carbocycles. The van der Waals surface area contributed by atoms with E-state index >= 15 is 0 Å². The molecule has 134 valence electrons. The van der Waals surface area contributed by atoms with E-state index in [9.17, 15) is 4.79 Å². The number of carbonyl (C=O) groups excluding carboxylic acids is 1. The molecule has 1 N–H and O–H groups in total. The van der Waals surface area contributed by atoms with Crippen molar-refractivity contribution in [1.29, 1.82) is 0 Å². The Morgan fingerprint density at radius 2 is 1.81 bits per heavy atom. The topological polar surface area (TPSA) is 56.1 Å². The Bertz CT molecular complexity index is 825. The molecule has 5 heteroatoms. The van der Waals surface area contributed by atoms with Gasteiger partial charge in [0.25, 0.3) is 5.91 Å². The minimum atomic E-state index is -0.543. The fraction of sp³-hybridized carbons (Fsp3) is 0.238. The van der Waals surface area contributed by atoms with Gasteiger partial charge >= 0.3 is 0 Å². The fourth-order valence-corrected chi connectivity index (χ4v) is 2.56. The van der Waals surface area contributed by atoms with Gasteiger partial charge in [0.15, 0.2) is 6.10 Å². The van der Waals surface area contributed by atoms with E-state index in [1.165, 1.54) is 5.56 Å². The number of ether oxygens (including phenoxy) is 1. The minimum Gasteiger partial charge on any atom is -0.481 e. The lowest BCUT2D eigenvalue weighted by Crippen LogP contribution is -2.35. The van der Waals surface area contributed by atoms with Crippen molar-refractivity contribution in [1.82, 2.24) is 14.9 Å². The quantitative estimate of drug-likeness (QED) is 0.712. The Kier molecular flexibility index (Phi) is 5.69. The average Bonchev–Trinajstić information content (AvgIpc) is 3.16. The molecule has 26 heavy (non-hydrogen) atoms. The summed E-state index contributed by atoms with van der Waals surface area (Å²) >= 11 is 0. The number of nitrogens with one attached hydrogen (secondary N) is 1. The molecule has 3 rings (SSSR count). The van der Waals surface area contributed by atoms with E-state index in [-0.39, 0.29) is 5.91 Å². The fourth-order valence-electron chi connectivity index (χ4n) is 2.56. The van der Waals surface area contributed by atoms with Crippen molar-refractivity contribution in [2.45, 2.75) is 33.0 Å². The number of imidazole rings is 1. The van der Waals surface area contributed by atoms with Crippen molar-refractivity contribution in [3.63, 3.8) is 0 Å². The molecule has 3 aromatic rings. The van der Waals surface area contributed by atoms with Crippen LogP contribution >= 0.6 is 0 Å². The van der Waals surface area contributed by atoms with Gasteiger partial charge in [0, 0.05) is 25.5 Å². The third kappa shape index (κ3) is 4.96. The summed E-state index contributed by atoms with van der Waals surface area (Å²) in [5.41, 5.74) is 3.40. The molecule has 0 spiro atoms. The van der Waals surface area contributed by atoms with E-state index in [1.54, 1.807) is 19.4 Å². The normalized spacial score (nSPS) is 11.8. The summed E-state index contributed by atoms with van der Waals surface area (Å²) in [5.74, 6) is 0.565. The molecule has 1 heterocycles. The molecule has 0 aliphatic heterocycles. The van der Waals surface area contributed by atoms with E-state index in [0.29, 0.717) is 12.3 Å². The van der Waals surface area contributed by atoms with Crippen molar-refractivity contribution >= 4 is 5.91 Å². The van der Waals surface area contributed by atoms with Crippen molar-refractivity contribution < 1.29 is 9.53 Å². The van der Waals surface area contributed by atoms with Crippen molar-refractivity contribution in [3.8, 4) is 5.75 Å². The predicted molar refractivity (Wildman–Crippen MR) is 101 cm³/mol. The van der Waals surface area contributed by atoms with Crippen LogP contribution in [0.4, 0.5) is 0 Å². The highest BCUT2D eigenvalue weighted by Crippen LogP contribution is 2.13. The molecule has 0 radical (unpaired) electrons. The van der Waals surface area contributed by atoms with Crippen LogP contribution in [0.15, 0.2) is 67.3 Å². The molecule has 2 aromatic carbocycles. The van der Waals surface area contributed by atoms with Crippen LogP contribution in [-0.2, 0) is 17.9 Å². The lowest BCUT2D eigenvalue weighted by Gasteiger charge is -2.15. The highest BCUT2D eigenvalue weighted by molar-refractivity contribution is 5.80. The van der Waals surface area contributed by atoms with Crippen molar-refractivity contribution in [2.75, 3.05) is 0 Å². The van der Waals surface area contributed by atoms with Crippen LogP contribution in [0.25, 0.3) is 0 Å². The Labute approximate surface area is 153 Å². The average molecular weight is 349 g/mol. The van der Waals surface area contributed by atoms with Gasteiger partial charge in [-0.2, -0.15) is 0 Å². The smallest absolute Gasteiger partial charge is 0.261 e. The number of aryl methyl sites for hydroxylation is 1. The standard InChI is InChI=1S/C21H23N3O2/c1-16-3-9-20(10-4-16)26-17(2)21(25)23-13-18-5-7-19(8-6-18)14-24-12-11-22-15-24/h3-12,15,17H,13-14H2,1-2H3,(H,23,25)/t17-/m0/s1. The minimum absolute atomic E-state index is 0.131. The summed E-state index contributed by atoms with van der Waals surface area (Å²) in [7, 11) is 0. The Hall–Kier alpha value is -3.08. The predicted octanol–water partition coefficient (Wildman–Crippen LogP) is 3.32. The second-order valence-electron chi connectivity index (χ2n) is 6.34. The Morgan fingerprint density at radius 1 is 1.12 bits per heavy atom. The van der Waals surface area contributed by atoms with Crippen molar-refractivity contribution in [2.24, 2.45) is 0 Å². The lowest BCUT2D eigenvalue weighted by atomic mass is 10.1. The molecule has 5 nitrogen and oxygen atoms in total. The van der Waals surface area contributed by atoms with Gasteiger partial charge in [-0.3, -0.25) is 4.79 Å². The van der Waals surface area contributed by atoms with Gasteiger partial charge in [-0.05, 0) is 37.1 Å².